The lowest BCUT2D eigenvalue weighted by Gasteiger charge is -2.28. The Morgan fingerprint density at radius 2 is 2.36 bits per heavy atom. The molecule has 1 aromatic heterocycles. The summed E-state index contributed by atoms with van der Waals surface area (Å²) in [6.07, 6.45) is 3.03. The van der Waals surface area contributed by atoms with Gasteiger partial charge < -0.3 is 9.82 Å². The van der Waals surface area contributed by atoms with Crippen LogP contribution in [-0.4, -0.2) is 34.8 Å². The van der Waals surface area contributed by atoms with Crippen molar-refractivity contribution in [2.75, 3.05) is 13.1 Å². The van der Waals surface area contributed by atoms with Crippen LogP contribution < -0.4 is 0 Å². The number of rotatable bonds is 3. The van der Waals surface area contributed by atoms with Crippen LogP contribution in [0.3, 0.4) is 0 Å². The molecule has 0 saturated carbocycles. The van der Waals surface area contributed by atoms with E-state index in [0.717, 1.165) is 55.5 Å². The summed E-state index contributed by atoms with van der Waals surface area (Å²) in [5.41, 5.74) is 4.66. The number of aromatic nitrogens is 1. The largest absolute Gasteiger partial charge is 0.391 e. The molecule has 2 aliphatic heterocycles. The van der Waals surface area contributed by atoms with Gasteiger partial charge in [0, 0.05) is 49.1 Å². The minimum Gasteiger partial charge on any atom is -0.391 e. The Kier molecular flexibility index (Phi) is 3.37. The van der Waals surface area contributed by atoms with Gasteiger partial charge >= 0.3 is 0 Å². The first-order valence-electron chi connectivity index (χ1n) is 7.96. The third-order valence-corrected chi connectivity index (χ3v) is 4.68. The number of nitrogens with one attached hydrogen (secondary N) is 1. The Morgan fingerprint density at radius 1 is 1.45 bits per heavy atom. The fourth-order valence-electron chi connectivity index (χ4n) is 3.48. The van der Waals surface area contributed by atoms with Crippen molar-refractivity contribution in [2.45, 2.75) is 38.8 Å². The topological polar surface area (TPSA) is 40.6 Å². The van der Waals surface area contributed by atoms with Gasteiger partial charge in [0.1, 0.15) is 11.9 Å². The van der Waals surface area contributed by atoms with Gasteiger partial charge in [-0.25, -0.2) is 4.39 Å². The van der Waals surface area contributed by atoms with E-state index < -0.39 is 0 Å². The number of benzene rings is 1. The van der Waals surface area contributed by atoms with Crippen LogP contribution in [0.25, 0.3) is 10.9 Å². The average Bonchev–Trinajstić information content (AvgIpc) is 3.11. The lowest BCUT2D eigenvalue weighted by molar-refractivity contribution is 0.0488. The minimum atomic E-state index is -0.175. The smallest absolute Gasteiger partial charge is 0.145 e. The number of H-pyrrole nitrogens is 1. The third-order valence-electron chi connectivity index (χ3n) is 4.68. The van der Waals surface area contributed by atoms with Crippen molar-refractivity contribution in [3.63, 3.8) is 0 Å². The van der Waals surface area contributed by atoms with E-state index in [2.05, 4.69) is 22.0 Å². The molecule has 0 amide bonds. The van der Waals surface area contributed by atoms with Crippen LogP contribution in [0.1, 0.15) is 31.0 Å². The first-order chi connectivity index (χ1) is 10.7. The van der Waals surface area contributed by atoms with E-state index in [1.807, 2.05) is 6.07 Å². The second kappa shape index (κ2) is 5.39. The minimum absolute atomic E-state index is 0.165. The van der Waals surface area contributed by atoms with Gasteiger partial charge in [-0.05, 0) is 30.2 Å². The summed E-state index contributed by atoms with van der Waals surface area (Å²) in [5, 5.41) is 5.14. The average molecular weight is 301 g/mol. The maximum Gasteiger partial charge on any atom is 0.145 e. The normalized spacial score (nSPS) is 21.7. The van der Waals surface area contributed by atoms with Crippen LogP contribution in [0.15, 0.2) is 23.4 Å². The number of halogens is 1. The standard InChI is InChI=1S/C17H20FN3O/c1-2-12-8-13(22-20-12)9-21-6-5-17-15(10-21)14-7-11(18)3-4-16(14)19-17/h3-4,7,13,19H,2,5-6,8-10H2,1H3/t13-/m0/s1. The predicted octanol–water partition coefficient (Wildman–Crippen LogP) is 3.22. The molecule has 3 heterocycles. The molecule has 0 spiro atoms. The first-order valence-corrected chi connectivity index (χ1v) is 7.96. The fraction of sp³-hybridized carbons (Fsp3) is 0.471. The number of fused-ring (bicyclic) bond motifs is 3. The zero-order chi connectivity index (χ0) is 15.1. The Bertz CT molecular complexity index is 737. The Balaban J connectivity index is 1.51. The molecule has 0 radical (unpaired) electrons. The van der Waals surface area contributed by atoms with E-state index in [-0.39, 0.29) is 11.9 Å². The molecule has 0 saturated heterocycles. The molecule has 1 N–H and O–H groups in total. The Morgan fingerprint density at radius 3 is 3.18 bits per heavy atom. The van der Waals surface area contributed by atoms with E-state index in [9.17, 15) is 4.39 Å². The summed E-state index contributed by atoms with van der Waals surface area (Å²) in [4.78, 5) is 11.3. The van der Waals surface area contributed by atoms with Crippen molar-refractivity contribution in [1.29, 1.82) is 0 Å². The molecular weight excluding hydrogens is 281 g/mol. The molecule has 0 unspecified atom stereocenters. The maximum absolute atomic E-state index is 13.5. The SMILES string of the molecule is CCC1=NO[C@H](CN2CCc3[nH]c4ccc(F)cc4c3C2)C1. The molecule has 5 heteroatoms. The third kappa shape index (κ3) is 2.39. The van der Waals surface area contributed by atoms with Crippen molar-refractivity contribution in [3.05, 3.63) is 35.3 Å². The van der Waals surface area contributed by atoms with Gasteiger partial charge in [-0.2, -0.15) is 0 Å². The quantitative estimate of drug-likeness (QED) is 0.945. The van der Waals surface area contributed by atoms with Crippen LogP contribution in [0.4, 0.5) is 4.39 Å². The van der Waals surface area contributed by atoms with Gasteiger partial charge in [0.05, 0.1) is 5.71 Å². The van der Waals surface area contributed by atoms with Crippen molar-refractivity contribution >= 4 is 16.6 Å². The Hall–Kier alpha value is -1.88. The van der Waals surface area contributed by atoms with E-state index >= 15 is 0 Å². The molecule has 2 aliphatic rings. The van der Waals surface area contributed by atoms with Gasteiger partial charge in [0.15, 0.2) is 0 Å². The lowest BCUT2D eigenvalue weighted by Crippen LogP contribution is -2.36. The summed E-state index contributed by atoms with van der Waals surface area (Å²) in [5.74, 6) is -0.175. The van der Waals surface area contributed by atoms with Crippen molar-refractivity contribution in [1.82, 2.24) is 9.88 Å². The summed E-state index contributed by atoms with van der Waals surface area (Å²) >= 11 is 0. The highest BCUT2D eigenvalue weighted by Crippen LogP contribution is 2.29. The van der Waals surface area contributed by atoms with E-state index in [1.165, 1.54) is 17.3 Å². The van der Waals surface area contributed by atoms with Crippen LogP contribution >= 0.6 is 0 Å². The van der Waals surface area contributed by atoms with E-state index in [1.54, 1.807) is 6.07 Å². The molecule has 4 rings (SSSR count). The Labute approximate surface area is 128 Å². The van der Waals surface area contributed by atoms with Crippen molar-refractivity contribution in [3.8, 4) is 0 Å². The number of hydrogen-bond acceptors (Lipinski definition) is 3. The van der Waals surface area contributed by atoms with E-state index in [4.69, 9.17) is 4.84 Å². The highest BCUT2D eigenvalue weighted by molar-refractivity contribution is 5.85. The second-order valence-electron chi connectivity index (χ2n) is 6.20. The van der Waals surface area contributed by atoms with Crippen LogP contribution in [-0.2, 0) is 17.8 Å². The number of aromatic amines is 1. The van der Waals surface area contributed by atoms with Crippen LogP contribution in [0, 0.1) is 5.82 Å². The highest BCUT2D eigenvalue weighted by atomic mass is 19.1. The van der Waals surface area contributed by atoms with Crippen molar-refractivity contribution in [2.24, 2.45) is 5.16 Å². The van der Waals surface area contributed by atoms with Crippen LogP contribution in [0.5, 0.6) is 0 Å². The molecule has 0 bridgehead atoms. The van der Waals surface area contributed by atoms with Gasteiger partial charge in [-0.3, -0.25) is 4.90 Å². The summed E-state index contributed by atoms with van der Waals surface area (Å²) in [6, 6.07) is 4.98. The maximum atomic E-state index is 13.5. The monoisotopic (exact) mass is 301 g/mol. The van der Waals surface area contributed by atoms with Gasteiger partial charge in [0.2, 0.25) is 0 Å². The summed E-state index contributed by atoms with van der Waals surface area (Å²) in [7, 11) is 0. The predicted molar refractivity (Wildman–Crippen MR) is 84.5 cm³/mol. The number of hydrogen-bond donors (Lipinski definition) is 1. The van der Waals surface area contributed by atoms with Gasteiger partial charge in [-0.15, -0.1) is 0 Å². The highest BCUT2D eigenvalue weighted by Gasteiger charge is 2.26. The number of oxime groups is 1. The molecular formula is C17H20FN3O. The zero-order valence-electron chi connectivity index (χ0n) is 12.7. The van der Waals surface area contributed by atoms with Gasteiger partial charge in [0.25, 0.3) is 0 Å². The zero-order valence-corrected chi connectivity index (χ0v) is 12.7. The molecule has 116 valence electrons. The molecule has 2 aromatic rings. The van der Waals surface area contributed by atoms with Gasteiger partial charge in [-0.1, -0.05) is 12.1 Å². The van der Waals surface area contributed by atoms with Crippen molar-refractivity contribution < 1.29 is 9.23 Å². The molecule has 1 aromatic carbocycles. The second-order valence-corrected chi connectivity index (χ2v) is 6.20. The molecule has 1 atom stereocenters. The fourth-order valence-corrected chi connectivity index (χ4v) is 3.48. The molecule has 22 heavy (non-hydrogen) atoms. The lowest BCUT2D eigenvalue weighted by atomic mass is 10.0. The molecule has 4 nitrogen and oxygen atoms in total. The molecule has 0 aliphatic carbocycles. The summed E-state index contributed by atoms with van der Waals surface area (Å²) in [6.45, 7) is 4.84. The summed E-state index contributed by atoms with van der Waals surface area (Å²) < 4.78 is 13.5. The van der Waals surface area contributed by atoms with E-state index in [0.29, 0.717) is 0 Å². The number of nitrogens with zero attached hydrogens (tertiary/aromatic N) is 2. The van der Waals surface area contributed by atoms with Crippen LogP contribution in [0.2, 0.25) is 0 Å². The first kappa shape index (κ1) is 13.8. The molecule has 0 fully saturated rings.